The Labute approximate surface area is 187 Å². The molecule has 0 radical (unpaired) electrons. The molecule has 2 heterocycles. The van der Waals surface area contributed by atoms with Crippen LogP contribution in [0.3, 0.4) is 0 Å². The molecule has 32 heavy (non-hydrogen) atoms. The van der Waals surface area contributed by atoms with Crippen LogP contribution in [0.15, 0.2) is 54.9 Å². The van der Waals surface area contributed by atoms with Crippen LogP contribution in [-0.2, 0) is 0 Å². The molecule has 0 unspecified atom stereocenters. The number of piperazine rings is 1. The predicted octanol–water partition coefficient (Wildman–Crippen LogP) is 3.82. The molecule has 0 spiro atoms. The molecular formula is C24H27N5O3. The van der Waals surface area contributed by atoms with Crippen LogP contribution in [0.1, 0.15) is 5.56 Å². The molecule has 1 aromatic heterocycles. The van der Waals surface area contributed by atoms with Crippen molar-refractivity contribution in [3.63, 3.8) is 0 Å². The molecule has 8 nitrogen and oxygen atoms in total. The number of methoxy groups -OCH3 is 2. The van der Waals surface area contributed by atoms with E-state index in [9.17, 15) is 4.79 Å². The zero-order chi connectivity index (χ0) is 22.5. The van der Waals surface area contributed by atoms with Gasteiger partial charge in [0.25, 0.3) is 0 Å². The normalized spacial score (nSPS) is 13.6. The fourth-order valence-corrected chi connectivity index (χ4v) is 3.66. The number of benzene rings is 2. The van der Waals surface area contributed by atoms with E-state index in [0.717, 1.165) is 17.1 Å². The van der Waals surface area contributed by atoms with Gasteiger partial charge in [-0.3, -0.25) is 0 Å². The van der Waals surface area contributed by atoms with Crippen molar-refractivity contribution in [1.29, 1.82) is 0 Å². The molecule has 1 aliphatic heterocycles. The number of ether oxygens (including phenoxy) is 2. The number of urea groups is 1. The summed E-state index contributed by atoms with van der Waals surface area (Å²) < 4.78 is 10.5. The van der Waals surface area contributed by atoms with Crippen molar-refractivity contribution in [2.75, 3.05) is 50.6 Å². The molecule has 1 N–H and O–H groups in total. The first-order valence-corrected chi connectivity index (χ1v) is 10.5. The Morgan fingerprint density at radius 2 is 1.62 bits per heavy atom. The molecule has 8 heteroatoms. The van der Waals surface area contributed by atoms with E-state index in [-0.39, 0.29) is 6.03 Å². The van der Waals surface area contributed by atoms with E-state index in [4.69, 9.17) is 9.47 Å². The lowest BCUT2D eigenvalue weighted by atomic mass is 10.1. The van der Waals surface area contributed by atoms with Gasteiger partial charge in [0.15, 0.2) is 11.5 Å². The van der Waals surface area contributed by atoms with E-state index in [0.29, 0.717) is 43.4 Å². The summed E-state index contributed by atoms with van der Waals surface area (Å²) in [6.07, 6.45) is 1.60. The van der Waals surface area contributed by atoms with Crippen molar-refractivity contribution in [2.24, 2.45) is 0 Å². The van der Waals surface area contributed by atoms with Crippen molar-refractivity contribution >= 4 is 17.5 Å². The van der Waals surface area contributed by atoms with Crippen molar-refractivity contribution in [3.8, 4) is 22.8 Å². The summed E-state index contributed by atoms with van der Waals surface area (Å²) in [5.41, 5.74) is 3.83. The summed E-state index contributed by atoms with van der Waals surface area (Å²) in [6.45, 7) is 4.66. The maximum Gasteiger partial charge on any atom is 0.321 e. The van der Waals surface area contributed by atoms with E-state index in [1.165, 1.54) is 5.56 Å². The van der Waals surface area contributed by atoms with Crippen LogP contribution < -0.4 is 19.7 Å². The highest BCUT2D eigenvalue weighted by Crippen LogP contribution is 2.30. The Kier molecular flexibility index (Phi) is 6.39. The number of amides is 2. The summed E-state index contributed by atoms with van der Waals surface area (Å²) >= 11 is 0. The van der Waals surface area contributed by atoms with Gasteiger partial charge in [-0.25, -0.2) is 14.8 Å². The fourth-order valence-electron chi connectivity index (χ4n) is 3.66. The van der Waals surface area contributed by atoms with Gasteiger partial charge in [0, 0.05) is 49.6 Å². The Hall–Kier alpha value is -3.81. The zero-order valence-electron chi connectivity index (χ0n) is 18.5. The summed E-state index contributed by atoms with van der Waals surface area (Å²) in [7, 11) is 3.15. The number of hydrogen-bond donors (Lipinski definition) is 1. The summed E-state index contributed by atoms with van der Waals surface area (Å²) in [6, 6.07) is 15.5. The number of anilines is 2. The van der Waals surface area contributed by atoms with Gasteiger partial charge in [-0.15, -0.1) is 0 Å². The van der Waals surface area contributed by atoms with Crippen LogP contribution in [0.2, 0.25) is 0 Å². The van der Waals surface area contributed by atoms with Gasteiger partial charge in [-0.1, -0.05) is 29.8 Å². The number of rotatable bonds is 5. The third-order valence-electron chi connectivity index (χ3n) is 5.53. The van der Waals surface area contributed by atoms with E-state index in [2.05, 4.69) is 51.4 Å². The molecular weight excluding hydrogens is 406 g/mol. The highest BCUT2D eigenvalue weighted by Gasteiger charge is 2.22. The minimum atomic E-state index is -0.139. The van der Waals surface area contributed by atoms with E-state index < -0.39 is 0 Å². The van der Waals surface area contributed by atoms with Crippen molar-refractivity contribution < 1.29 is 14.3 Å². The number of carbonyl (C=O) groups is 1. The second kappa shape index (κ2) is 9.55. The summed E-state index contributed by atoms with van der Waals surface area (Å²) in [5.74, 6) is 2.06. The Morgan fingerprint density at radius 3 is 2.31 bits per heavy atom. The van der Waals surface area contributed by atoms with Crippen LogP contribution in [0.25, 0.3) is 11.3 Å². The Bertz CT molecular complexity index is 1080. The molecule has 0 saturated carbocycles. The van der Waals surface area contributed by atoms with Crippen molar-refractivity contribution in [1.82, 2.24) is 14.9 Å². The van der Waals surface area contributed by atoms with Gasteiger partial charge >= 0.3 is 6.03 Å². The molecule has 1 saturated heterocycles. The van der Waals surface area contributed by atoms with Gasteiger partial charge in [0.2, 0.25) is 0 Å². The maximum atomic E-state index is 12.7. The molecule has 0 aliphatic carbocycles. The summed E-state index contributed by atoms with van der Waals surface area (Å²) in [4.78, 5) is 25.6. The first kappa shape index (κ1) is 21.4. The molecule has 2 aromatic carbocycles. The minimum Gasteiger partial charge on any atom is -0.493 e. The quantitative estimate of drug-likeness (QED) is 0.659. The molecule has 1 aliphatic rings. The topological polar surface area (TPSA) is 79.8 Å². The average molecular weight is 434 g/mol. The average Bonchev–Trinajstić information content (AvgIpc) is 2.84. The lowest BCUT2D eigenvalue weighted by Gasteiger charge is -2.35. The number of carbonyl (C=O) groups excluding carboxylic acids is 1. The molecule has 0 bridgehead atoms. The Balaban J connectivity index is 1.37. The van der Waals surface area contributed by atoms with Crippen LogP contribution in [0.5, 0.6) is 11.5 Å². The van der Waals surface area contributed by atoms with E-state index in [1.807, 2.05) is 6.07 Å². The number of nitrogens with zero attached hydrogens (tertiary/aromatic N) is 4. The van der Waals surface area contributed by atoms with Crippen molar-refractivity contribution in [2.45, 2.75) is 6.92 Å². The third kappa shape index (κ3) is 4.74. The smallest absolute Gasteiger partial charge is 0.321 e. The lowest BCUT2D eigenvalue weighted by Crippen LogP contribution is -2.50. The second-order valence-corrected chi connectivity index (χ2v) is 7.60. The lowest BCUT2D eigenvalue weighted by molar-refractivity contribution is 0.208. The fraction of sp³-hybridized carbons (Fsp3) is 0.292. The SMILES string of the molecule is COc1ccc(NC(=O)N2CCN(c3cc(-c4ccc(C)cc4)ncn3)CC2)cc1OC. The monoisotopic (exact) mass is 433 g/mol. The second-order valence-electron chi connectivity index (χ2n) is 7.60. The van der Waals surface area contributed by atoms with Crippen LogP contribution >= 0.6 is 0 Å². The molecule has 3 aromatic rings. The molecule has 2 amide bonds. The largest absolute Gasteiger partial charge is 0.493 e. The highest BCUT2D eigenvalue weighted by molar-refractivity contribution is 5.90. The van der Waals surface area contributed by atoms with E-state index in [1.54, 1.807) is 43.6 Å². The first-order chi connectivity index (χ1) is 15.6. The molecule has 166 valence electrons. The highest BCUT2D eigenvalue weighted by atomic mass is 16.5. The van der Waals surface area contributed by atoms with Gasteiger partial charge in [0.05, 0.1) is 19.9 Å². The third-order valence-corrected chi connectivity index (χ3v) is 5.53. The number of hydrogen-bond acceptors (Lipinski definition) is 6. The summed E-state index contributed by atoms with van der Waals surface area (Å²) in [5, 5.41) is 2.93. The van der Waals surface area contributed by atoms with Gasteiger partial charge in [0.1, 0.15) is 12.1 Å². The predicted molar refractivity (Wildman–Crippen MR) is 125 cm³/mol. The van der Waals surface area contributed by atoms with Gasteiger partial charge < -0.3 is 24.6 Å². The van der Waals surface area contributed by atoms with Gasteiger partial charge in [-0.2, -0.15) is 0 Å². The van der Waals surface area contributed by atoms with Crippen LogP contribution in [-0.4, -0.2) is 61.3 Å². The minimum absolute atomic E-state index is 0.139. The van der Waals surface area contributed by atoms with Crippen molar-refractivity contribution in [3.05, 3.63) is 60.4 Å². The van der Waals surface area contributed by atoms with Crippen LogP contribution in [0, 0.1) is 6.92 Å². The molecule has 4 rings (SSSR count). The van der Waals surface area contributed by atoms with E-state index >= 15 is 0 Å². The number of aromatic nitrogens is 2. The zero-order valence-corrected chi connectivity index (χ0v) is 18.5. The van der Waals surface area contributed by atoms with Gasteiger partial charge in [-0.05, 0) is 19.1 Å². The van der Waals surface area contributed by atoms with Crippen LogP contribution in [0.4, 0.5) is 16.3 Å². The first-order valence-electron chi connectivity index (χ1n) is 10.5. The standard InChI is InChI=1S/C24H27N5O3/c1-17-4-6-18(7-5-17)20-15-23(26-16-25-20)28-10-12-29(13-11-28)24(30)27-19-8-9-21(31-2)22(14-19)32-3/h4-9,14-16H,10-13H2,1-3H3,(H,27,30). The molecule has 0 atom stereocenters. The number of nitrogens with one attached hydrogen (secondary N) is 1. The maximum absolute atomic E-state index is 12.7. The molecule has 1 fully saturated rings. The number of aryl methyl sites for hydroxylation is 1. The Morgan fingerprint density at radius 1 is 0.906 bits per heavy atom.